The lowest BCUT2D eigenvalue weighted by Crippen LogP contribution is -2.38. The van der Waals surface area contributed by atoms with Crippen LogP contribution in [-0.2, 0) is 16.2 Å². The second-order valence-electron chi connectivity index (χ2n) is 6.00. The maximum absolute atomic E-state index is 12.9. The van der Waals surface area contributed by atoms with E-state index in [2.05, 4.69) is 4.72 Å². The quantitative estimate of drug-likeness (QED) is 0.877. The van der Waals surface area contributed by atoms with E-state index >= 15 is 0 Å². The summed E-state index contributed by atoms with van der Waals surface area (Å²) in [6, 6.07) is 2.72. The van der Waals surface area contributed by atoms with Crippen LogP contribution in [0.25, 0.3) is 0 Å². The van der Waals surface area contributed by atoms with Gasteiger partial charge in [-0.25, -0.2) is 13.1 Å². The lowest BCUT2D eigenvalue weighted by molar-refractivity contribution is -0.138. The van der Waals surface area contributed by atoms with E-state index < -0.39 is 21.8 Å². The van der Waals surface area contributed by atoms with Crippen molar-refractivity contribution in [3.63, 3.8) is 0 Å². The van der Waals surface area contributed by atoms with Crippen LogP contribution in [0.3, 0.4) is 0 Å². The van der Waals surface area contributed by atoms with Gasteiger partial charge in [0.05, 0.1) is 10.5 Å². The van der Waals surface area contributed by atoms with Gasteiger partial charge < -0.3 is 5.11 Å². The molecule has 4 nitrogen and oxygen atoms in total. The highest BCUT2D eigenvalue weighted by atomic mass is 32.2. The minimum atomic E-state index is -4.59. The van der Waals surface area contributed by atoms with Crippen molar-refractivity contribution < 1.29 is 26.7 Å². The number of hydrogen-bond acceptors (Lipinski definition) is 3. The predicted octanol–water partition coefficient (Wildman–Crippen LogP) is 2.84. The van der Waals surface area contributed by atoms with Gasteiger partial charge in [0.25, 0.3) is 0 Å². The maximum atomic E-state index is 12.9. The average molecular weight is 351 g/mol. The van der Waals surface area contributed by atoms with Crippen LogP contribution in [-0.4, -0.2) is 26.2 Å². The molecule has 0 aliphatic heterocycles. The molecule has 8 heteroatoms. The maximum Gasteiger partial charge on any atom is 0.416 e. The van der Waals surface area contributed by atoms with Crippen molar-refractivity contribution in [2.24, 2.45) is 5.92 Å². The van der Waals surface area contributed by atoms with E-state index in [1.54, 1.807) is 0 Å². The van der Waals surface area contributed by atoms with Crippen LogP contribution in [0.1, 0.15) is 36.8 Å². The first kappa shape index (κ1) is 18.2. The van der Waals surface area contributed by atoms with Crippen LogP contribution >= 0.6 is 0 Å². The Morgan fingerprint density at radius 1 is 1.22 bits per heavy atom. The van der Waals surface area contributed by atoms with Crippen LogP contribution in [0, 0.1) is 12.8 Å². The molecule has 0 radical (unpaired) electrons. The topological polar surface area (TPSA) is 66.4 Å². The van der Waals surface area contributed by atoms with E-state index in [0.717, 1.165) is 0 Å². The Morgan fingerprint density at radius 3 is 2.35 bits per heavy atom. The fourth-order valence-electron chi connectivity index (χ4n) is 2.82. The Labute approximate surface area is 133 Å². The lowest BCUT2D eigenvalue weighted by atomic mass is 9.87. The van der Waals surface area contributed by atoms with Gasteiger partial charge in [-0.15, -0.1) is 0 Å². The number of nitrogens with one attached hydrogen (secondary N) is 1. The zero-order valence-corrected chi connectivity index (χ0v) is 13.5. The van der Waals surface area contributed by atoms with Crippen molar-refractivity contribution in [3.8, 4) is 0 Å². The molecule has 0 saturated heterocycles. The van der Waals surface area contributed by atoms with Crippen molar-refractivity contribution in [2.75, 3.05) is 6.61 Å². The number of rotatable bonds is 4. The summed E-state index contributed by atoms with van der Waals surface area (Å²) in [5.74, 6) is 0.173. The molecular weight excluding hydrogens is 331 g/mol. The summed E-state index contributed by atoms with van der Waals surface area (Å²) < 4.78 is 65.9. The van der Waals surface area contributed by atoms with Crippen LogP contribution in [0.4, 0.5) is 13.2 Å². The molecule has 1 saturated carbocycles. The first-order valence-electron chi connectivity index (χ1n) is 7.44. The molecule has 1 aromatic rings. The van der Waals surface area contributed by atoms with Crippen molar-refractivity contribution in [1.29, 1.82) is 0 Å². The summed E-state index contributed by atoms with van der Waals surface area (Å²) in [6.45, 7) is 1.37. The second-order valence-corrected chi connectivity index (χ2v) is 7.71. The molecule has 2 rings (SSSR count). The fourth-order valence-corrected chi connectivity index (χ4v) is 4.15. The molecule has 1 aliphatic carbocycles. The molecule has 130 valence electrons. The Bertz CT molecular complexity index is 650. The van der Waals surface area contributed by atoms with Gasteiger partial charge in [0.15, 0.2) is 0 Å². The third-order valence-electron chi connectivity index (χ3n) is 4.25. The highest BCUT2D eigenvalue weighted by Crippen LogP contribution is 2.33. The van der Waals surface area contributed by atoms with Gasteiger partial charge in [0, 0.05) is 12.6 Å². The minimum absolute atomic E-state index is 0.0140. The highest BCUT2D eigenvalue weighted by molar-refractivity contribution is 7.89. The van der Waals surface area contributed by atoms with Gasteiger partial charge in [0.1, 0.15) is 0 Å². The van der Waals surface area contributed by atoms with Gasteiger partial charge in [-0.3, -0.25) is 0 Å². The minimum Gasteiger partial charge on any atom is -0.396 e. The number of aliphatic hydroxyl groups excluding tert-OH is 1. The van der Waals surface area contributed by atoms with E-state index in [1.165, 1.54) is 19.1 Å². The molecule has 0 heterocycles. The smallest absolute Gasteiger partial charge is 0.396 e. The molecule has 23 heavy (non-hydrogen) atoms. The summed E-state index contributed by atoms with van der Waals surface area (Å²) in [7, 11) is -4.00. The number of alkyl halides is 3. The molecule has 0 spiro atoms. The highest BCUT2D eigenvalue weighted by Gasteiger charge is 2.34. The first-order chi connectivity index (χ1) is 10.6. The largest absolute Gasteiger partial charge is 0.416 e. The zero-order chi connectivity index (χ0) is 17.3. The van der Waals surface area contributed by atoms with E-state index in [9.17, 15) is 21.6 Å². The van der Waals surface area contributed by atoms with Crippen LogP contribution < -0.4 is 4.72 Å². The van der Waals surface area contributed by atoms with Gasteiger partial charge in [-0.05, 0) is 56.2 Å². The number of sulfonamides is 1. The number of aliphatic hydroxyl groups is 1. The third-order valence-corrected chi connectivity index (χ3v) is 5.77. The average Bonchev–Trinajstić information content (AvgIpc) is 2.46. The monoisotopic (exact) mass is 351 g/mol. The van der Waals surface area contributed by atoms with Crippen LogP contribution in [0.15, 0.2) is 23.1 Å². The number of aryl methyl sites for hydroxylation is 1. The Balaban J connectivity index is 2.17. The number of halogens is 3. The normalized spacial score (nSPS) is 23.0. The van der Waals surface area contributed by atoms with Crippen molar-refractivity contribution >= 4 is 10.0 Å². The Morgan fingerprint density at radius 2 is 1.83 bits per heavy atom. The van der Waals surface area contributed by atoms with Gasteiger partial charge in [-0.1, -0.05) is 6.07 Å². The van der Waals surface area contributed by atoms with E-state index in [-0.39, 0.29) is 29.0 Å². The number of benzene rings is 1. The summed E-state index contributed by atoms with van der Waals surface area (Å²) in [5.41, 5.74) is -0.954. The molecule has 0 aromatic heterocycles. The predicted molar refractivity (Wildman–Crippen MR) is 79.3 cm³/mol. The molecular formula is C15H20F3NO3S. The van der Waals surface area contributed by atoms with E-state index in [4.69, 9.17) is 5.11 Å². The SMILES string of the molecule is Cc1ccc(S(=O)(=O)NC2CCC(CO)CC2)cc1C(F)(F)F. The molecule has 1 aromatic carbocycles. The first-order valence-corrected chi connectivity index (χ1v) is 8.93. The Hall–Kier alpha value is -1.12. The summed E-state index contributed by atoms with van der Waals surface area (Å²) in [4.78, 5) is -0.375. The molecule has 0 bridgehead atoms. The fraction of sp³-hybridized carbons (Fsp3) is 0.600. The molecule has 1 fully saturated rings. The lowest BCUT2D eigenvalue weighted by Gasteiger charge is -2.27. The van der Waals surface area contributed by atoms with Crippen molar-refractivity contribution in [2.45, 2.75) is 49.7 Å². The zero-order valence-electron chi connectivity index (χ0n) is 12.7. The molecule has 0 amide bonds. The Kier molecular flexibility index (Phi) is 5.37. The van der Waals surface area contributed by atoms with Crippen molar-refractivity contribution in [3.05, 3.63) is 29.3 Å². The van der Waals surface area contributed by atoms with E-state index in [0.29, 0.717) is 31.7 Å². The third kappa shape index (κ3) is 4.45. The van der Waals surface area contributed by atoms with Gasteiger partial charge >= 0.3 is 6.18 Å². The van der Waals surface area contributed by atoms with Crippen LogP contribution in [0.5, 0.6) is 0 Å². The van der Waals surface area contributed by atoms with Crippen LogP contribution in [0.2, 0.25) is 0 Å². The molecule has 0 atom stereocenters. The number of hydrogen-bond donors (Lipinski definition) is 2. The summed E-state index contributed by atoms with van der Waals surface area (Å²) in [5, 5.41) is 9.08. The summed E-state index contributed by atoms with van der Waals surface area (Å²) >= 11 is 0. The summed E-state index contributed by atoms with van der Waals surface area (Å²) in [6.07, 6.45) is -2.05. The van der Waals surface area contributed by atoms with Gasteiger partial charge in [-0.2, -0.15) is 13.2 Å². The van der Waals surface area contributed by atoms with Crippen molar-refractivity contribution in [1.82, 2.24) is 4.72 Å². The molecule has 1 aliphatic rings. The second kappa shape index (κ2) is 6.78. The molecule has 2 N–H and O–H groups in total. The standard InChI is InChI=1S/C15H20F3NO3S/c1-10-2-7-13(8-14(10)15(16,17)18)23(21,22)19-12-5-3-11(9-20)4-6-12/h2,7-8,11-12,19-20H,3-6,9H2,1H3. The molecule has 0 unspecified atom stereocenters. The van der Waals surface area contributed by atoms with E-state index in [1.807, 2.05) is 0 Å². The van der Waals surface area contributed by atoms with Gasteiger partial charge in [0.2, 0.25) is 10.0 Å².